The third-order valence-corrected chi connectivity index (χ3v) is 3.75. The number of benzene rings is 1. The van der Waals surface area contributed by atoms with Crippen LogP contribution >= 0.6 is 0 Å². The van der Waals surface area contributed by atoms with Crippen LogP contribution in [-0.2, 0) is 0 Å². The van der Waals surface area contributed by atoms with E-state index < -0.39 is 0 Å². The summed E-state index contributed by atoms with van der Waals surface area (Å²) in [5.41, 5.74) is 1.41. The summed E-state index contributed by atoms with van der Waals surface area (Å²) in [6.07, 6.45) is 5.16. The fourth-order valence-corrected chi connectivity index (χ4v) is 2.54. The lowest BCUT2D eigenvalue weighted by atomic mass is 10.1. The molecule has 114 valence electrons. The van der Waals surface area contributed by atoms with Gasteiger partial charge in [0.1, 0.15) is 0 Å². The highest BCUT2D eigenvalue weighted by atomic mass is 15.1. The molecule has 2 nitrogen and oxygen atoms in total. The molecule has 0 aromatic heterocycles. The van der Waals surface area contributed by atoms with E-state index in [4.69, 9.17) is 0 Å². The standard InChI is InChI=1S/C18H32N2/c1-4-7-14-20(15-8-5-2)16-18(19-6-3)17-12-10-9-11-13-17/h9-13,18-19H,4-8,14-16H2,1-3H3. The highest BCUT2D eigenvalue weighted by molar-refractivity contribution is 5.19. The lowest BCUT2D eigenvalue weighted by Crippen LogP contribution is -2.36. The van der Waals surface area contributed by atoms with Crippen LogP contribution in [-0.4, -0.2) is 31.1 Å². The van der Waals surface area contributed by atoms with Gasteiger partial charge >= 0.3 is 0 Å². The van der Waals surface area contributed by atoms with Crippen molar-refractivity contribution in [2.24, 2.45) is 0 Å². The van der Waals surface area contributed by atoms with Crippen molar-refractivity contribution in [2.45, 2.75) is 52.5 Å². The van der Waals surface area contributed by atoms with Gasteiger partial charge in [-0.05, 0) is 38.0 Å². The largest absolute Gasteiger partial charge is 0.309 e. The van der Waals surface area contributed by atoms with Gasteiger partial charge in [0.25, 0.3) is 0 Å². The highest BCUT2D eigenvalue weighted by Crippen LogP contribution is 2.15. The van der Waals surface area contributed by atoms with Gasteiger partial charge in [0.15, 0.2) is 0 Å². The Morgan fingerprint density at radius 1 is 0.950 bits per heavy atom. The zero-order valence-electron chi connectivity index (χ0n) is 13.6. The minimum absolute atomic E-state index is 0.454. The van der Waals surface area contributed by atoms with Crippen LogP contribution in [0.4, 0.5) is 0 Å². The minimum Gasteiger partial charge on any atom is -0.309 e. The van der Waals surface area contributed by atoms with Crippen molar-refractivity contribution in [3.8, 4) is 0 Å². The summed E-state index contributed by atoms with van der Waals surface area (Å²) in [7, 11) is 0. The molecule has 1 atom stereocenters. The zero-order valence-corrected chi connectivity index (χ0v) is 13.6. The monoisotopic (exact) mass is 276 g/mol. The molecule has 0 heterocycles. The number of hydrogen-bond donors (Lipinski definition) is 1. The van der Waals surface area contributed by atoms with Gasteiger partial charge in [0, 0.05) is 12.6 Å². The minimum atomic E-state index is 0.454. The molecule has 0 aliphatic heterocycles. The Morgan fingerprint density at radius 2 is 1.55 bits per heavy atom. The Balaban J connectivity index is 2.63. The number of nitrogens with zero attached hydrogens (tertiary/aromatic N) is 1. The quantitative estimate of drug-likeness (QED) is 0.650. The normalized spacial score (nSPS) is 12.8. The summed E-state index contributed by atoms with van der Waals surface area (Å²) in [4.78, 5) is 2.63. The van der Waals surface area contributed by atoms with E-state index in [1.54, 1.807) is 0 Å². The van der Waals surface area contributed by atoms with E-state index in [-0.39, 0.29) is 0 Å². The Labute approximate surface area is 125 Å². The predicted molar refractivity (Wildman–Crippen MR) is 89.1 cm³/mol. The van der Waals surface area contributed by atoms with E-state index in [1.807, 2.05) is 0 Å². The van der Waals surface area contributed by atoms with Crippen molar-refractivity contribution in [3.63, 3.8) is 0 Å². The fraction of sp³-hybridized carbons (Fsp3) is 0.667. The fourth-order valence-electron chi connectivity index (χ4n) is 2.54. The van der Waals surface area contributed by atoms with Crippen LogP contribution in [0.15, 0.2) is 30.3 Å². The molecule has 0 spiro atoms. The van der Waals surface area contributed by atoms with E-state index in [9.17, 15) is 0 Å². The van der Waals surface area contributed by atoms with Crippen LogP contribution in [0.3, 0.4) is 0 Å². The van der Waals surface area contributed by atoms with E-state index in [1.165, 1.54) is 44.3 Å². The molecule has 1 rings (SSSR count). The second kappa shape index (κ2) is 10.9. The molecule has 20 heavy (non-hydrogen) atoms. The maximum Gasteiger partial charge on any atom is 0.0449 e. The highest BCUT2D eigenvalue weighted by Gasteiger charge is 2.14. The van der Waals surface area contributed by atoms with Gasteiger partial charge in [-0.15, -0.1) is 0 Å². The number of nitrogens with one attached hydrogen (secondary N) is 1. The van der Waals surface area contributed by atoms with Crippen LogP contribution < -0.4 is 5.32 Å². The predicted octanol–water partition coefficient (Wildman–Crippen LogP) is 4.24. The van der Waals surface area contributed by atoms with Gasteiger partial charge in [0.05, 0.1) is 0 Å². The zero-order chi connectivity index (χ0) is 14.6. The lowest BCUT2D eigenvalue weighted by molar-refractivity contribution is 0.236. The Hall–Kier alpha value is -0.860. The number of unbranched alkanes of at least 4 members (excludes halogenated alkanes) is 2. The van der Waals surface area contributed by atoms with Gasteiger partial charge in [-0.2, -0.15) is 0 Å². The molecule has 0 saturated carbocycles. The summed E-state index contributed by atoms with van der Waals surface area (Å²) in [6.45, 7) is 11.3. The first-order valence-electron chi connectivity index (χ1n) is 8.32. The molecule has 0 radical (unpaired) electrons. The Morgan fingerprint density at radius 3 is 2.05 bits per heavy atom. The molecule has 1 unspecified atom stereocenters. The molecule has 1 N–H and O–H groups in total. The molecule has 0 saturated heterocycles. The summed E-state index contributed by atoms with van der Waals surface area (Å²) >= 11 is 0. The molecule has 1 aromatic carbocycles. The van der Waals surface area contributed by atoms with Crippen molar-refractivity contribution in [3.05, 3.63) is 35.9 Å². The third-order valence-electron chi connectivity index (χ3n) is 3.75. The van der Waals surface area contributed by atoms with Crippen molar-refractivity contribution in [1.82, 2.24) is 10.2 Å². The first-order valence-corrected chi connectivity index (χ1v) is 8.32. The first kappa shape index (κ1) is 17.2. The second-order valence-corrected chi connectivity index (χ2v) is 5.53. The molecule has 2 heteroatoms. The van der Waals surface area contributed by atoms with Gasteiger partial charge in [0.2, 0.25) is 0 Å². The molecule has 0 fully saturated rings. The molecule has 0 aliphatic carbocycles. The number of hydrogen-bond acceptors (Lipinski definition) is 2. The molecule has 0 aliphatic rings. The van der Waals surface area contributed by atoms with E-state index in [0.717, 1.165) is 13.1 Å². The third kappa shape index (κ3) is 6.53. The summed E-state index contributed by atoms with van der Waals surface area (Å²) in [5.74, 6) is 0. The maximum atomic E-state index is 3.64. The molecule has 0 bridgehead atoms. The molecular formula is C18H32N2. The summed E-state index contributed by atoms with van der Waals surface area (Å²) in [5, 5.41) is 3.64. The number of likely N-dealkylation sites (N-methyl/N-ethyl adjacent to an activating group) is 1. The number of rotatable bonds is 11. The lowest BCUT2D eigenvalue weighted by Gasteiger charge is -2.28. The molecule has 1 aromatic rings. The van der Waals surface area contributed by atoms with Crippen molar-refractivity contribution in [1.29, 1.82) is 0 Å². The second-order valence-electron chi connectivity index (χ2n) is 5.53. The molecule has 0 amide bonds. The van der Waals surface area contributed by atoms with Crippen LogP contribution in [0.2, 0.25) is 0 Å². The van der Waals surface area contributed by atoms with Crippen molar-refractivity contribution < 1.29 is 0 Å². The average Bonchev–Trinajstić information content (AvgIpc) is 2.50. The van der Waals surface area contributed by atoms with E-state index >= 15 is 0 Å². The van der Waals surface area contributed by atoms with Gasteiger partial charge in [-0.1, -0.05) is 63.9 Å². The van der Waals surface area contributed by atoms with Gasteiger partial charge in [-0.25, -0.2) is 0 Å². The average molecular weight is 276 g/mol. The SMILES string of the molecule is CCCCN(CCCC)CC(NCC)c1ccccc1. The van der Waals surface area contributed by atoms with Crippen molar-refractivity contribution in [2.75, 3.05) is 26.2 Å². The van der Waals surface area contributed by atoms with Crippen LogP contribution in [0.1, 0.15) is 58.1 Å². The Kier molecular flexibility index (Phi) is 9.35. The maximum absolute atomic E-state index is 3.64. The first-order chi connectivity index (χ1) is 9.81. The van der Waals surface area contributed by atoms with Crippen LogP contribution in [0.5, 0.6) is 0 Å². The van der Waals surface area contributed by atoms with Gasteiger partial charge < -0.3 is 10.2 Å². The Bertz CT molecular complexity index is 315. The smallest absolute Gasteiger partial charge is 0.0449 e. The summed E-state index contributed by atoms with van der Waals surface area (Å²) < 4.78 is 0. The topological polar surface area (TPSA) is 15.3 Å². The van der Waals surface area contributed by atoms with E-state index in [2.05, 4.69) is 61.3 Å². The molecular weight excluding hydrogens is 244 g/mol. The van der Waals surface area contributed by atoms with Crippen LogP contribution in [0.25, 0.3) is 0 Å². The van der Waals surface area contributed by atoms with Gasteiger partial charge in [-0.3, -0.25) is 0 Å². The summed E-state index contributed by atoms with van der Waals surface area (Å²) in [6, 6.07) is 11.3. The van der Waals surface area contributed by atoms with Crippen LogP contribution in [0, 0.1) is 0 Å². The van der Waals surface area contributed by atoms with Crippen molar-refractivity contribution >= 4 is 0 Å². The van der Waals surface area contributed by atoms with E-state index in [0.29, 0.717) is 6.04 Å².